The predicted molar refractivity (Wildman–Crippen MR) is 96.9 cm³/mol. The molecule has 2 saturated carbocycles. The highest BCUT2D eigenvalue weighted by molar-refractivity contribution is 6.08. The van der Waals surface area contributed by atoms with Crippen LogP contribution in [0, 0.1) is 34.5 Å². The molecule has 0 bridgehead atoms. The van der Waals surface area contributed by atoms with Crippen molar-refractivity contribution in [3.63, 3.8) is 0 Å². The summed E-state index contributed by atoms with van der Waals surface area (Å²) in [6.45, 7) is 7.10. The van der Waals surface area contributed by atoms with Crippen molar-refractivity contribution in [2.75, 3.05) is 0 Å². The van der Waals surface area contributed by atoms with E-state index in [1.54, 1.807) is 6.08 Å². The maximum Gasteiger partial charge on any atom is 0.307 e. The average Bonchev–Trinajstić information content (AvgIpc) is 2.86. The Bertz CT molecular complexity index is 728. The second-order valence-electron chi connectivity index (χ2n) is 9.12. The Hall–Kier alpha value is -1.64. The van der Waals surface area contributed by atoms with Gasteiger partial charge in [0.05, 0.1) is 6.42 Å². The van der Waals surface area contributed by atoms with Crippen molar-refractivity contribution in [1.82, 2.24) is 0 Å². The Morgan fingerprint density at radius 1 is 1.20 bits per heavy atom. The van der Waals surface area contributed by atoms with Crippen LogP contribution in [0.15, 0.2) is 35.5 Å². The van der Waals surface area contributed by atoms with E-state index in [1.807, 2.05) is 0 Å². The first-order chi connectivity index (χ1) is 11.8. The summed E-state index contributed by atoms with van der Waals surface area (Å²) in [6, 6.07) is 0. The Morgan fingerprint density at radius 2 is 1.96 bits per heavy atom. The van der Waals surface area contributed by atoms with Crippen LogP contribution < -0.4 is 0 Å². The van der Waals surface area contributed by atoms with E-state index < -0.39 is 5.97 Å². The highest BCUT2D eigenvalue weighted by atomic mass is 16.4. The normalized spacial score (nSPS) is 45.2. The van der Waals surface area contributed by atoms with Gasteiger partial charge in [0.1, 0.15) is 0 Å². The molecule has 0 aliphatic heterocycles. The molecule has 0 heterocycles. The van der Waals surface area contributed by atoms with Crippen LogP contribution in [0.25, 0.3) is 0 Å². The summed E-state index contributed by atoms with van der Waals surface area (Å²) in [5.74, 6) is 1.45. The van der Waals surface area contributed by atoms with E-state index in [1.165, 1.54) is 19.3 Å². The molecule has 4 rings (SSSR count). The SMILES string of the molecule is C[C@@H]1CC[C@H]2[C@@H]3C=CC4=C(CC(=O)O)C(=O)C=C[C@]4(C)[C@H]3CC[C@]12C. The first-order valence-corrected chi connectivity index (χ1v) is 9.64. The number of rotatable bonds is 2. The monoisotopic (exact) mass is 340 g/mol. The molecule has 3 nitrogen and oxygen atoms in total. The fourth-order valence-corrected chi connectivity index (χ4v) is 6.47. The standard InChI is InChI=1S/C22H28O3/c1-13-4-6-16-14-5-7-17-15(12-20(24)25)19(23)9-11-22(17,3)18(14)8-10-21(13,16)2/h5,7,9,11,13-14,16,18H,4,6,8,10,12H2,1-3H3,(H,24,25)/t13-,14+,16+,18+,21-,22+/m1/s1. The Morgan fingerprint density at radius 3 is 2.68 bits per heavy atom. The number of allylic oxidation sites excluding steroid dienone is 5. The molecular formula is C22H28O3. The summed E-state index contributed by atoms with van der Waals surface area (Å²) >= 11 is 0. The van der Waals surface area contributed by atoms with Gasteiger partial charge in [-0.3, -0.25) is 9.59 Å². The molecule has 1 N–H and O–H groups in total. The van der Waals surface area contributed by atoms with Gasteiger partial charge < -0.3 is 5.11 Å². The molecule has 4 aliphatic carbocycles. The van der Waals surface area contributed by atoms with Crippen molar-refractivity contribution in [3.8, 4) is 0 Å². The molecule has 4 aliphatic rings. The fourth-order valence-electron chi connectivity index (χ4n) is 6.47. The van der Waals surface area contributed by atoms with Crippen molar-refractivity contribution < 1.29 is 14.7 Å². The lowest BCUT2D eigenvalue weighted by atomic mass is 9.49. The topological polar surface area (TPSA) is 54.4 Å². The van der Waals surface area contributed by atoms with Crippen molar-refractivity contribution in [3.05, 3.63) is 35.5 Å². The second-order valence-corrected chi connectivity index (χ2v) is 9.12. The van der Waals surface area contributed by atoms with Crippen LogP contribution >= 0.6 is 0 Å². The molecule has 25 heavy (non-hydrogen) atoms. The molecule has 0 saturated heterocycles. The van der Waals surface area contributed by atoms with Gasteiger partial charge in [0.25, 0.3) is 0 Å². The number of hydrogen-bond acceptors (Lipinski definition) is 2. The van der Waals surface area contributed by atoms with Gasteiger partial charge in [-0.2, -0.15) is 0 Å². The number of fused-ring (bicyclic) bond motifs is 5. The van der Waals surface area contributed by atoms with Gasteiger partial charge in [0.15, 0.2) is 5.78 Å². The van der Waals surface area contributed by atoms with E-state index in [2.05, 4.69) is 39.0 Å². The van der Waals surface area contributed by atoms with Crippen LogP contribution in [0.1, 0.15) is 52.9 Å². The van der Waals surface area contributed by atoms with Crippen LogP contribution in [0.5, 0.6) is 0 Å². The van der Waals surface area contributed by atoms with Crippen LogP contribution in [-0.4, -0.2) is 16.9 Å². The maximum absolute atomic E-state index is 12.3. The third-order valence-corrected chi connectivity index (χ3v) is 8.17. The zero-order chi connectivity index (χ0) is 18.0. The molecule has 0 aromatic carbocycles. The van der Waals surface area contributed by atoms with Gasteiger partial charge in [-0.15, -0.1) is 0 Å². The summed E-state index contributed by atoms with van der Waals surface area (Å²) in [5, 5.41) is 9.24. The Balaban J connectivity index is 1.79. The fraction of sp³-hybridized carbons (Fsp3) is 0.636. The summed E-state index contributed by atoms with van der Waals surface area (Å²) in [7, 11) is 0. The van der Waals surface area contributed by atoms with E-state index in [0.29, 0.717) is 28.7 Å². The summed E-state index contributed by atoms with van der Waals surface area (Å²) in [6.07, 6.45) is 12.9. The molecule has 0 aromatic rings. The van der Waals surface area contributed by atoms with Crippen LogP contribution in [-0.2, 0) is 9.59 Å². The summed E-state index contributed by atoms with van der Waals surface area (Å²) in [4.78, 5) is 23.6. The van der Waals surface area contributed by atoms with Gasteiger partial charge >= 0.3 is 5.97 Å². The van der Waals surface area contributed by atoms with Gasteiger partial charge in [-0.1, -0.05) is 39.0 Å². The van der Waals surface area contributed by atoms with Crippen LogP contribution in [0.2, 0.25) is 0 Å². The Kier molecular flexibility index (Phi) is 3.65. The number of aliphatic carboxylic acids is 1. The largest absolute Gasteiger partial charge is 0.481 e. The number of hydrogen-bond donors (Lipinski definition) is 1. The zero-order valence-electron chi connectivity index (χ0n) is 15.4. The molecule has 0 amide bonds. The summed E-state index contributed by atoms with van der Waals surface area (Å²) in [5.41, 5.74) is 1.67. The zero-order valence-corrected chi connectivity index (χ0v) is 15.4. The molecular weight excluding hydrogens is 312 g/mol. The smallest absolute Gasteiger partial charge is 0.307 e. The van der Waals surface area contributed by atoms with Crippen molar-refractivity contribution in [2.45, 2.75) is 52.9 Å². The number of ketones is 1. The average molecular weight is 340 g/mol. The van der Waals surface area contributed by atoms with E-state index in [0.717, 1.165) is 17.9 Å². The maximum atomic E-state index is 12.3. The van der Waals surface area contributed by atoms with E-state index in [4.69, 9.17) is 0 Å². The molecule has 0 unspecified atom stereocenters. The minimum Gasteiger partial charge on any atom is -0.481 e. The number of carboxylic acid groups (broad SMARTS) is 1. The first-order valence-electron chi connectivity index (χ1n) is 9.64. The molecule has 3 heteroatoms. The number of carboxylic acids is 1. The highest BCUT2D eigenvalue weighted by Gasteiger charge is 2.56. The number of carbonyl (C=O) groups excluding carboxylic acids is 1. The van der Waals surface area contributed by atoms with Gasteiger partial charge in [-0.25, -0.2) is 0 Å². The predicted octanol–water partition coefficient (Wildman–Crippen LogP) is 4.55. The molecule has 0 spiro atoms. The molecule has 2 fully saturated rings. The minimum atomic E-state index is -0.926. The third kappa shape index (κ3) is 2.24. The quantitative estimate of drug-likeness (QED) is 0.802. The molecule has 0 radical (unpaired) electrons. The lowest BCUT2D eigenvalue weighted by Gasteiger charge is -2.55. The molecule has 0 aromatic heterocycles. The lowest BCUT2D eigenvalue weighted by molar-refractivity contribution is -0.136. The lowest BCUT2D eigenvalue weighted by Crippen LogP contribution is -2.48. The van der Waals surface area contributed by atoms with Gasteiger partial charge in [-0.05, 0) is 66.4 Å². The van der Waals surface area contributed by atoms with Crippen LogP contribution in [0.4, 0.5) is 0 Å². The second kappa shape index (κ2) is 5.43. The van der Waals surface area contributed by atoms with Crippen LogP contribution in [0.3, 0.4) is 0 Å². The van der Waals surface area contributed by atoms with E-state index >= 15 is 0 Å². The summed E-state index contributed by atoms with van der Waals surface area (Å²) < 4.78 is 0. The minimum absolute atomic E-state index is 0.131. The number of carbonyl (C=O) groups is 2. The van der Waals surface area contributed by atoms with Crippen molar-refractivity contribution in [2.24, 2.45) is 34.5 Å². The van der Waals surface area contributed by atoms with Crippen molar-refractivity contribution >= 4 is 11.8 Å². The van der Waals surface area contributed by atoms with E-state index in [-0.39, 0.29) is 17.6 Å². The highest BCUT2D eigenvalue weighted by Crippen LogP contribution is 2.64. The van der Waals surface area contributed by atoms with E-state index in [9.17, 15) is 14.7 Å². The molecule has 134 valence electrons. The molecule has 6 atom stereocenters. The van der Waals surface area contributed by atoms with Crippen molar-refractivity contribution in [1.29, 1.82) is 0 Å². The third-order valence-electron chi connectivity index (χ3n) is 8.17. The van der Waals surface area contributed by atoms with Gasteiger partial charge in [0, 0.05) is 11.0 Å². The first kappa shape index (κ1) is 16.8. The van der Waals surface area contributed by atoms with Gasteiger partial charge in [0.2, 0.25) is 0 Å². The Labute approximate surface area is 149 Å².